The van der Waals surface area contributed by atoms with E-state index in [0.29, 0.717) is 6.54 Å². The van der Waals surface area contributed by atoms with E-state index in [9.17, 15) is 0 Å². The van der Waals surface area contributed by atoms with E-state index in [2.05, 4.69) is 72.8 Å². The highest BCUT2D eigenvalue weighted by atomic mass is 14.6. The van der Waals surface area contributed by atoms with Gasteiger partial charge >= 0.3 is 0 Å². The van der Waals surface area contributed by atoms with E-state index in [1.807, 2.05) is 6.07 Å². The fourth-order valence-corrected chi connectivity index (χ4v) is 2.64. The molecule has 2 heteroatoms. The number of hydrogen-bond donors (Lipinski definition) is 2. The summed E-state index contributed by atoms with van der Waals surface area (Å²) in [4.78, 5) is 0. The Morgan fingerprint density at radius 1 is 0.652 bits per heavy atom. The molecule has 0 bridgehead atoms. The summed E-state index contributed by atoms with van der Waals surface area (Å²) in [5.41, 5.74) is 18.1. The molecule has 0 aromatic heterocycles. The van der Waals surface area contributed by atoms with Crippen molar-refractivity contribution in [1.29, 1.82) is 0 Å². The number of nitrogens with two attached hydrogens (primary N) is 2. The van der Waals surface area contributed by atoms with E-state index < -0.39 is 0 Å². The van der Waals surface area contributed by atoms with E-state index in [4.69, 9.17) is 11.5 Å². The normalized spacial score (nSPS) is 11.4. The maximum Gasteiger partial charge on any atom is 0.0198 e. The zero-order valence-electron chi connectivity index (χ0n) is 12.9. The van der Waals surface area contributed by atoms with Crippen LogP contribution in [0.4, 0.5) is 0 Å². The second kappa shape index (κ2) is 6.95. The second-order valence-electron chi connectivity index (χ2n) is 5.42. The molecular weight excluding hydrogens is 280 g/mol. The van der Waals surface area contributed by atoms with Gasteiger partial charge in [-0.1, -0.05) is 78.9 Å². The molecule has 0 atom stereocenters. The summed E-state index contributed by atoms with van der Waals surface area (Å²) in [7, 11) is 0. The van der Waals surface area contributed by atoms with Crippen LogP contribution in [-0.2, 0) is 0 Å². The molecule has 0 aliphatic carbocycles. The summed E-state index contributed by atoms with van der Waals surface area (Å²) >= 11 is 0. The van der Waals surface area contributed by atoms with Crippen molar-refractivity contribution in [2.45, 2.75) is 0 Å². The summed E-state index contributed by atoms with van der Waals surface area (Å²) in [6.07, 6.45) is 1.57. The standard InChI is InChI=1S/C21H20N2/c22-14-21(15-23)20-12-10-19(11-13-20)18-8-6-17(7-9-18)16-4-2-1-3-5-16/h1-14H,15,22-23H2/b21-14+. The maximum absolute atomic E-state index is 5.69. The topological polar surface area (TPSA) is 52.0 Å². The maximum atomic E-state index is 5.69. The fraction of sp³-hybridized carbons (Fsp3) is 0.0476. The minimum Gasteiger partial charge on any atom is -0.404 e. The first-order chi connectivity index (χ1) is 11.3. The van der Waals surface area contributed by atoms with Gasteiger partial charge in [0.25, 0.3) is 0 Å². The minimum atomic E-state index is 0.446. The van der Waals surface area contributed by atoms with Crippen molar-refractivity contribution in [2.24, 2.45) is 11.5 Å². The molecule has 3 aromatic carbocycles. The highest BCUT2D eigenvalue weighted by Gasteiger charge is 2.02. The summed E-state index contributed by atoms with van der Waals surface area (Å²) < 4.78 is 0. The van der Waals surface area contributed by atoms with Crippen molar-refractivity contribution < 1.29 is 0 Å². The first-order valence-corrected chi connectivity index (χ1v) is 7.69. The van der Waals surface area contributed by atoms with Crippen LogP contribution in [0.3, 0.4) is 0 Å². The lowest BCUT2D eigenvalue weighted by Crippen LogP contribution is -2.04. The van der Waals surface area contributed by atoms with Crippen molar-refractivity contribution >= 4 is 5.57 Å². The third-order valence-corrected chi connectivity index (χ3v) is 4.00. The zero-order chi connectivity index (χ0) is 16.1. The van der Waals surface area contributed by atoms with Gasteiger partial charge in [0.1, 0.15) is 0 Å². The van der Waals surface area contributed by atoms with Gasteiger partial charge in [0.15, 0.2) is 0 Å². The Labute approximate surface area is 137 Å². The van der Waals surface area contributed by atoms with Crippen molar-refractivity contribution in [3.05, 3.63) is 90.6 Å². The number of rotatable bonds is 4. The van der Waals surface area contributed by atoms with E-state index in [1.54, 1.807) is 6.20 Å². The lowest BCUT2D eigenvalue weighted by atomic mass is 9.98. The quantitative estimate of drug-likeness (QED) is 0.755. The van der Waals surface area contributed by atoms with Crippen LogP contribution in [0.5, 0.6) is 0 Å². The third kappa shape index (κ3) is 3.33. The Balaban J connectivity index is 1.85. The van der Waals surface area contributed by atoms with E-state index >= 15 is 0 Å². The van der Waals surface area contributed by atoms with Gasteiger partial charge in [0, 0.05) is 6.54 Å². The van der Waals surface area contributed by atoms with Crippen LogP contribution in [0.25, 0.3) is 27.8 Å². The SMILES string of the molecule is N/C=C(\CN)c1ccc(-c2ccc(-c3ccccc3)cc2)cc1. The first kappa shape index (κ1) is 15.1. The van der Waals surface area contributed by atoms with Gasteiger partial charge in [0.2, 0.25) is 0 Å². The highest BCUT2D eigenvalue weighted by Crippen LogP contribution is 2.25. The Bertz CT molecular complexity index is 786. The van der Waals surface area contributed by atoms with E-state index in [-0.39, 0.29) is 0 Å². The van der Waals surface area contributed by atoms with Gasteiger partial charge < -0.3 is 11.5 Å². The molecule has 3 aromatic rings. The molecule has 0 unspecified atom stereocenters. The Hall–Kier alpha value is -2.84. The van der Waals surface area contributed by atoms with Gasteiger partial charge in [-0.05, 0) is 39.6 Å². The molecule has 114 valence electrons. The summed E-state index contributed by atoms with van der Waals surface area (Å²) in [6.45, 7) is 0.446. The largest absolute Gasteiger partial charge is 0.404 e. The lowest BCUT2D eigenvalue weighted by molar-refractivity contribution is 1.25. The van der Waals surface area contributed by atoms with Crippen LogP contribution in [0, 0.1) is 0 Å². The van der Waals surface area contributed by atoms with Crippen molar-refractivity contribution in [1.82, 2.24) is 0 Å². The molecule has 3 rings (SSSR count). The molecule has 0 amide bonds. The van der Waals surface area contributed by atoms with Crippen LogP contribution in [-0.4, -0.2) is 6.54 Å². The molecule has 0 spiro atoms. The van der Waals surface area contributed by atoms with Crippen molar-refractivity contribution in [2.75, 3.05) is 6.54 Å². The minimum absolute atomic E-state index is 0.446. The molecule has 0 aliphatic heterocycles. The van der Waals surface area contributed by atoms with Gasteiger partial charge in [-0.15, -0.1) is 0 Å². The van der Waals surface area contributed by atoms with Gasteiger partial charge in [-0.3, -0.25) is 0 Å². The Morgan fingerprint density at radius 3 is 1.52 bits per heavy atom. The predicted molar refractivity (Wildman–Crippen MR) is 98.5 cm³/mol. The molecule has 0 fully saturated rings. The van der Waals surface area contributed by atoms with Crippen LogP contribution in [0.15, 0.2) is 85.1 Å². The summed E-state index contributed by atoms with van der Waals surface area (Å²) in [6, 6.07) is 27.3. The monoisotopic (exact) mass is 300 g/mol. The summed E-state index contributed by atoms with van der Waals surface area (Å²) in [5, 5.41) is 0. The van der Waals surface area contributed by atoms with Crippen LogP contribution < -0.4 is 11.5 Å². The predicted octanol–water partition coefficient (Wildman–Crippen LogP) is 4.28. The van der Waals surface area contributed by atoms with Crippen LogP contribution in [0.1, 0.15) is 5.56 Å². The highest BCUT2D eigenvalue weighted by molar-refractivity contribution is 5.73. The first-order valence-electron chi connectivity index (χ1n) is 7.69. The molecule has 0 saturated carbocycles. The lowest BCUT2D eigenvalue weighted by Gasteiger charge is -2.07. The van der Waals surface area contributed by atoms with Gasteiger partial charge in [-0.2, -0.15) is 0 Å². The molecule has 0 aliphatic rings. The zero-order valence-corrected chi connectivity index (χ0v) is 12.9. The fourth-order valence-electron chi connectivity index (χ4n) is 2.64. The smallest absolute Gasteiger partial charge is 0.0198 e. The van der Waals surface area contributed by atoms with E-state index in [0.717, 1.165) is 11.1 Å². The molecule has 0 heterocycles. The molecule has 0 radical (unpaired) electrons. The van der Waals surface area contributed by atoms with E-state index in [1.165, 1.54) is 22.3 Å². The molecule has 4 N–H and O–H groups in total. The molecule has 23 heavy (non-hydrogen) atoms. The Kier molecular flexibility index (Phi) is 4.55. The van der Waals surface area contributed by atoms with Crippen molar-refractivity contribution in [3.63, 3.8) is 0 Å². The number of hydrogen-bond acceptors (Lipinski definition) is 2. The molecular formula is C21H20N2. The molecule has 2 nitrogen and oxygen atoms in total. The van der Waals surface area contributed by atoms with Crippen LogP contribution >= 0.6 is 0 Å². The van der Waals surface area contributed by atoms with Crippen molar-refractivity contribution in [3.8, 4) is 22.3 Å². The summed E-state index contributed by atoms with van der Waals surface area (Å²) in [5.74, 6) is 0. The number of benzene rings is 3. The molecule has 0 saturated heterocycles. The van der Waals surface area contributed by atoms with Gasteiger partial charge in [0.05, 0.1) is 0 Å². The Morgan fingerprint density at radius 2 is 1.09 bits per heavy atom. The second-order valence-corrected chi connectivity index (χ2v) is 5.42. The average molecular weight is 300 g/mol. The average Bonchev–Trinajstić information content (AvgIpc) is 2.64. The van der Waals surface area contributed by atoms with Gasteiger partial charge in [-0.25, -0.2) is 0 Å². The third-order valence-electron chi connectivity index (χ3n) is 4.00. The van der Waals surface area contributed by atoms with Crippen LogP contribution in [0.2, 0.25) is 0 Å².